The number of pyridine rings is 1. The van der Waals surface area contributed by atoms with E-state index < -0.39 is 23.3 Å². The largest absolute Gasteiger partial charge is 0.435 e. The van der Waals surface area contributed by atoms with Crippen LogP contribution in [0.5, 0.6) is 0 Å². The molecule has 0 spiro atoms. The Morgan fingerprint density at radius 1 is 1.32 bits per heavy atom. The highest BCUT2D eigenvalue weighted by molar-refractivity contribution is 6.04. The predicted octanol–water partition coefficient (Wildman–Crippen LogP) is 2.42. The third-order valence-electron chi connectivity index (χ3n) is 3.89. The lowest BCUT2D eigenvalue weighted by Crippen LogP contribution is -2.20. The number of nitrogens with one attached hydrogen (secondary N) is 1. The smallest absolute Gasteiger partial charge is 0.394 e. The molecule has 0 aromatic carbocycles. The molecule has 0 saturated heterocycles. The number of alkyl halides is 3. The van der Waals surface area contributed by atoms with Gasteiger partial charge in [-0.05, 0) is 19.1 Å². The summed E-state index contributed by atoms with van der Waals surface area (Å²) in [6, 6.07) is 4.95. The number of aromatic nitrogens is 5. The molecule has 28 heavy (non-hydrogen) atoms. The second kappa shape index (κ2) is 7.80. The van der Waals surface area contributed by atoms with Crippen LogP contribution in [0.3, 0.4) is 0 Å². The van der Waals surface area contributed by atoms with Crippen LogP contribution in [0, 0.1) is 0 Å². The van der Waals surface area contributed by atoms with Gasteiger partial charge >= 0.3 is 6.18 Å². The number of halogens is 3. The Morgan fingerprint density at radius 2 is 2.11 bits per heavy atom. The van der Waals surface area contributed by atoms with Crippen LogP contribution in [0.2, 0.25) is 0 Å². The summed E-state index contributed by atoms with van der Waals surface area (Å²) < 4.78 is 42.0. The summed E-state index contributed by atoms with van der Waals surface area (Å²) in [5.74, 6) is -0.820. The molecule has 1 amide bonds. The minimum absolute atomic E-state index is 0.0518. The van der Waals surface area contributed by atoms with Crippen LogP contribution in [-0.4, -0.2) is 42.2 Å². The lowest BCUT2D eigenvalue weighted by molar-refractivity contribution is -0.141. The molecule has 3 aromatic rings. The van der Waals surface area contributed by atoms with Gasteiger partial charge in [0.15, 0.2) is 5.69 Å². The summed E-state index contributed by atoms with van der Waals surface area (Å²) in [5.41, 5.74) is -0.733. The number of nitrogens with zero attached hydrogens (tertiary/aromatic N) is 5. The molecule has 3 heterocycles. The van der Waals surface area contributed by atoms with Crippen molar-refractivity contribution in [2.75, 3.05) is 11.9 Å². The van der Waals surface area contributed by atoms with Gasteiger partial charge in [-0.3, -0.25) is 14.5 Å². The number of carbonyl (C=O) groups is 1. The van der Waals surface area contributed by atoms with Crippen LogP contribution in [0.4, 0.5) is 19.0 Å². The fourth-order valence-corrected chi connectivity index (χ4v) is 2.58. The first kappa shape index (κ1) is 19.5. The van der Waals surface area contributed by atoms with Crippen LogP contribution in [0.15, 0.2) is 36.8 Å². The van der Waals surface area contributed by atoms with E-state index in [2.05, 4.69) is 20.5 Å². The van der Waals surface area contributed by atoms with Crippen LogP contribution in [0.1, 0.15) is 23.0 Å². The van der Waals surface area contributed by atoms with E-state index in [-0.39, 0.29) is 25.5 Å². The van der Waals surface area contributed by atoms with Gasteiger partial charge in [0.2, 0.25) is 0 Å². The molecule has 0 bridgehead atoms. The van der Waals surface area contributed by atoms with E-state index in [9.17, 15) is 23.1 Å². The molecule has 148 valence electrons. The van der Waals surface area contributed by atoms with Crippen molar-refractivity contribution in [3.63, 3.8) is 0 Å². The van der Waals surface area contributed by atoms with Crippen molar-refractivity contribution >= 4 is 11.7 Å². The van der Waals surface area contributed by atoms with Crippen LogP contribution >= 0.6 is 0 Å². The second-order valence-corrected chi connectivity index (χ2v) is 5.80. The summed E-state index contributed by atoms with van der Waals surface area (Å²) in [7, 11) is 0. The molecule has 8 nitrogen and oxygen atoms in total. The third-order valence-corrected chi connectivity index (χ3v) is 3.89. The zero-order valence-electron chi connectivity index (χ0n) is 14.8. The maximum atomic E-state index is 13.2. The molecule has 0 aliphatic rings. The van der Waals surface area contributed by atoms with E-state index in [1.807, 2.05) is 0 Å². The first-order valence-electron chi connectivity index (χ1n) is 8.38. The average molecular weight is 394 g/mol. The van der Waals surface area contributed by atoms with Crippen molar-refractivity contribution in [3.05, 3.63) is 48.0 Å². The van der Waals surface area contributed by atoms with Crippen molar-refractivity contribution in [1.29, 1.82) is 0 Å². The van der Waals surface area contributed by atoms with E-state index in [1.54, 1.807) is 31.5 Å². The van der Waals surface area contributed by atoms with E-state index in [0.717, 1.165) is 10.9 Å². The third kappa shape index (κ3) is 4.03. The predicted molar refractivity (Wildman–Crippen MR) is 93.4 cm³/mol. The first-order chi connectivity index (χ1) is 13.3. The number of carbonyl (C=O) groups excluding carboxylic acids is 1. The summed E-state index contributed by atoms with van der Waals surface area (Å²) in [6.45, 7) is 1.59. The zero-order valence-corrected chi connectivity index (χ0v) is 14.8. The number of amides is 1. The maximum absolute atomic E-state index is 13.2. The molecule has 0 unspecified atom stereocenters. The molecule has 0 aliphatic heterocycles. The monoisotopic (exact) mass is 394 g/mol. The molecular weight excluding hydrogens is 377 g/mol. The van der Waals surface area contributed by atoms with Crippen molar-refractivity contribution in [3.8, 4) is 11.3 Å². The molecule has 0 aliphatic carbocycles. The van der Waals surface area contributed by atoms with Crippen LogP contribution < -0.4 is 5.32 Å². The summed E-state index contributed by atoms with van der Waals surface area (Å²) in [4.78, 5) is 16.5. The lowest BCUT2D eigenvalue weighted by Gasteiger charge is -2.08. The molecule has 0 atom stereocenters. The minimum Gasteiger partial charge on any atom is -0.394 e. The number of aliphatic hydroxyl groups excluding tert-OH is 1. The highest BCUT2D eigenvalue weighted by Gasteiger charge is 2.39. The van der Waals surface area contributed by atoms with E-state index >= 15 is 0 Å². The van der Waals surface area contributed by atoms with Crippen LogP contribution in [0.25, 0.3) is 11.3 Å². The Kier molecular flexibility index (Phi) is 5.45. The highest BCUT2D eigenvalue weighted by Crippen LogP contribution is 2.31. The minimum atomic E-state index is -4.76. The van der Waals surface area contributed by atoms with Gasteiger partial charge < -0.3 is 10.4 Å². The number of rotatable bonds is 6. The number of anilines is 1. The Morgan fingerprint density at radius 3 is 2.71 bits per heavy atom. The molecular formula is C17H17F3N6O2. The molecule has 0 saturated carbocycles. The van der Waals surface area contributed by atoms with Gasteiger partial charge in [-0.15, -0.1) is 0 Å². The second-order valence-electron chi connectivity index (χ2n) is 5.80. The fraction of sp³-hybridized carbons (Fsp3) is 0.294. The van der Waals surface area contributed by atoms with E-state index in [0.29, 0.717) is 11.3 Å². The van der Waals surface area contributed by atoms with Crippen molar-refractivity contribution < 1.29 is 23.1 Å². The van der Waals surface area contributed by atoms with E-state index in [1.165, 1.54) is 10.7 Å². The topological polar surface area (TPSA) is 97.9 Å². The molecule has 3 aromatic heterocycles. The number of aryl methyl sites for hydroxylation is 1. The molecule has 3 rings (SSSR count). The molecule has 0 radical (unpaired) electrons. The van der Waals surface area contributed by atoms with Gasteiger partial charge in [-0.1, -0.05) is 0 Å². The van der Waals surface area contributed by atoms with Gasteiger partial charge in [-0.25, -0.2) is 4.68 Å². The number of hydrogen-bond acceptors (Lipinski definition) is 5. The molecule has 0 fully saturated rings. The molecule has 11 heteroatoms. The first-order valence-corrected chi connectivity index (χ1v) is 8.38. The van der Waals surface area contributed by atoms with Gasteiger partial charge in [-0.2, -0.15) is 23.4 Å². The number of hydrogen-bond donors (Lipinski definition) is 2. The Balaban J connectivity index is 1.94. The quantitative estimate of drug-likeness (QED) is 0.669. The van der Waals surface area contributed by atoms with Crippen molar-refractivity contribution in [1.82, 2.24) is 24.5 Å². The van der Waals surface area contributed by atoms with Gasteiger partial charge in [0.1, 0.15) is 5.82 Å². The zero-order chi connectivity index (χ0) is 20.3. The standard InChI is InChI=1S/C17H17F3N6O2/c1-2-25-10-12(15(24-25)17(18,19)20)16(28)22-14-8-13(23-26(14)6-7-27)11-4-3-5-21-9-11/h3-5,8-10,27H,2,6-7H2,1H3,(H,22,28). The highest BCUT2D eigenvalue weighted by atomic mass is 19.4. The lowest BCUT2D eigenvalue weighted by atomic mass is 10.2. The Hall–Kier alpha value is -3.21. The summed E-state index contributed by atoms with van der Waals surface area (Å²) >= 11 is 0. The van der Waals surface area contributed by atoms with Crippen molar-refractivity contribution in [2.24, 2.45) is 0 Å². The van der Waals surface area contributed by atoms with Gasteiger partial charge in [0.05, 0.1) is 24.4 Å². The fourth-order valence-electron chi connectivity index (χ4n) is 2.58. The van der Waals surface area contributed by atoms with E-state index in [4.69, 9.17) is 0 Å². The average Bonchev–Trinajstić information content (AvgIpc) is 3.27. The number of aliphatic hydroxyl groups is 1. The molecule has 2 N–H and O–H groups in total. The SMILES string of the molecule is CCn1cc(C(=O)Nc2cc(-c3cccnc3)nn2CCO)c(C(F)(F)F)n1. The van der Waals surface area contributed by atoms with Gasteiger partial charge in [0.25, 0.3) is 5.91 Å². The van der Waals surface area contributed by atoms with Crippen LogP contribution in [-0.2, 0) is 19.3 Å². The summed E-state index contributed by atoms with van der Waals surface area (Å²) in [6.07, 6.45) is -0.572. The summed E-state index contributed by atoms with van der Waals surface area (Å²) in [5, 5.41) is 19.3. The van der Waals surface area contributed by atoms with Crippen molar-refractivity contribution in [2.45, 2.75) is 26.2 Å². The van der Waals surface area contributed by atoms with Gasteiger partial charge in [0, 0.05) is 36.8 Å². The Labute approximate surface area is 157 Å². The normalized spacial score (nSPS) is 11.6. The Bertz CT molecular complexity index is 965. The maximum Gasteiger partial charge on any atom is 0.435 e.